The molecule has 2 aromatic carbocycles. The number of aromatic amines is 1. The molecule has 27 heavy (non-hydrogen) atoms. The molecule has 0 saturated carbocycles. The minimum Gasteiger partial charge on any atom is -0.486 e. The normalized spacial score (nSPS) is 15.4. The molecule has 2 atom stereocenters. The van der Waals surface area contributed by atoms with Crippen molar-refractivity contribution in [2.24, 2.45) is 0 Å². The van der Waals surface area contributed by atoms with Gasteiger partial charge in [-0.05, 0) is 23.8 Å². The molecule has 1 unspecified atom stereocenters. The van der Waals surface area contributed by atoms with Crippen molar-refractivity contribution in [2.75, 3.05) is 13.2 Å². The average Bonchev–Trinajstić information content (AvgIpc) is 3.10. The van der Waals surface area contributed by atoms with Crippen LogP contribution < -0.4 is 14.8 Å². The summed E-state index contributed by atoms with van der Waals surface area (Å²) in [5, 5.41) is 14.3. The second kappa shape index (κ2) is 7.25. The van der Waals surface area contributed by atoms with Gasteiger partial charge in [0.1, 0.15) is 19.4 Å². The first kappa shape index (κ1) is 17.9. The van der Waals surface area contributed by atoms with Gasteiger partial charge in [-0.15, -0.1) is 0 Å². The van der Waals surface area contributed by atoms with Crippen molar-refractivity contribution in [3.05, 3.63) is 58.2 Å². The number of amides is 1. The van der Waals surface area contributed by atoms with E-state index in [1.54, 1.807) is 12.1 Å². The molecule has 2 heterocycles. The number of hydrogen-bond donors (Lipinski definition) is 3. The third-order valence-electron chi connectivity index (χ3n) is 4.72. The van der Waals surface area contributed by atoms with Crippen LogP contribution in [0.5, 0.6) is 11.5 Å². The second-order valence-corrected chi connectivity index (χ2v) is 7.39. The molecular weight excluding hydrogens is 412 g/mol. The van der Waals surface area contributed by atoms with Crippen LogP contribution in [0, 0.1) is 0 Å². The Balaban J connectivity index is 1.57. The average molecular weight is 431 g/mol. The molecule has 3 N–H and O–H groups in total. The number of H-pyrrole nitrogens is 1. The Labute approximate surface area is 164 Å². The van der Waals surface area contributed by atoms with Crippen LogP contribution in [0.25, 0.3) is 10.9 Å². The molecule has 0 radical (unpaired) electrons. The topological polar surface area (TPSA) is 83.6 Å². The van der Waals surface area contributed by atoms with Crippen LogP contribution in [0.3, 0.4) is 0 Å². The van der Waals surface area contributed by atoms with Crippen LogP contribution in [0.15, 0.2) is 47.1 Å². The molecule has 1 aliphatic heterocycles. The van der Waals surface area contributed by atoms with Gasteiger partial charge in [-0.25, -0.2) is 0 Å². The minimum atomic E-state index is -1.06. The summed E-state index contributed by atoms with van der Waals surface area (Å²) in [5.74, 6) is 0.191. The fourth-order valence-corrected chi connectivity index (χ4v) is 3.70. The summed E-state index contributed by atoms with van der Waals surface area (Å²) in [6, 6.07) is 11.3. The molecular formula is C20H19BrN2O4. The lowest BCUT2D eigenvalue weighted by Crippen LogP contribution is -2.38. The summed E-state index contributed by atoms with van der Waals surface area (Å²) in [4.78, 5) is 16.0. The molecule has 1 amide bonds. The smallest absolute Gasteiger partial charge is 0.257 e. The molecule has 0 aliphatic carbocycles. The minimum absolute atomic E-state index is 0.301. The summed E-state index contributed by atoms with van der Waals surface area (Å²) < 4.78 is 11.9. The molecule has 0 bridgehead atoms. The molecule has 6 nitrogen and oxygen atoms in total. The number of halogens is 1. The van der Waals surface area contributed by atoms with E-state index < -0.39 is 12.1 Å². The highest BCUT2D eigenvalue weighted by Crippen LogP contribution is 2.37. The van der Waals surface area contributed by atoms with Gasteiger partial charge in [0.25, 0.3) is 5.91 Å². The summed E-state index contributed by atoms with van der Waals surface area (Å²) in [7, 11) is 0. The van der Waals surface area contributed by atoms with E-state index in [1.807, 2.05) is 37.4 Å². The van der Waals surface area contributed by atoms with Crippen LogP contribution in [-0.2, 0) is 0 Å². The maximum absolute atomic E-state index is 12.8. The third kappa shape index (κ3) is 3.40. The van der Waals surface area contributed by atoms with Crippen molar-refractivity contribution in [2.45, 2.75) is 19.1 Å². The maximum atomic E-state index is 12.8. The fraction of sp³-hybridized carbons (Fsp3) is 0.250. The van der Waals surface area contributed by atoms with Crippen molar-refractivity contribution in [1.82, 2.24) is 10.3 Å². The lowest BCUT2D eigenvalue weighted by Gasteiger charge is -2.23. The molecule has 1 aliphatic rings. The Hall–Kier alpha value is -2.51. The van der Waals surface area contributed by atoms with E-state index in [4.69, 9.17) is 9.47 Å². The van der Waals surface area contributed by atoms with E-state index in [2.05, 4.69) is 26.2 Å². The van der Waals surface area contributed by atoms with Crippen molar-refractivity contribution in [3.8, 4) is 11.5 Å². The van der Waals surface area contributed by atoms with E-state index in [9.17, 15) is 9.90 Å². The number of aromatic nitrogens is 1. The van der Waals surface area contributed by atoms with Crippen molar-refractivity contribution in [3.63, 3.8) is 0 Å². The van der Waals surface area contributed by atoms with Crippen LogP contribution in [0.4, 0.5) is 0 Å². The monoisotopic (exact) mass is 430 g/mol. The molecule has 0 spiro atoms. The highest BCUT2D eigenvalue weighted by molar-refractivity contribution is 9.10. The first-order valence-electron chi connectivity index (χ1n) is 8.68. The zero-order valence-corrected chi connectivity index (χ0v) is 16.2. The Morgan fingerprint density at radius 1 is 1.26 bits per heavy atom. The number of fused-ring (bicyclic) bond motifs is 2. The Morgan fingerprint density at radius 2 is 2.04 bits per heavy atom. The number of aliphatic hydroxyl groups is 1. The van der Waals surface area contributed by atoms with E-state index in [1.165, 1.54) is 0 Å². The van der Waals surface area contributed by atoms with Gasteiger partial charge in [0.05, 0.1) is 5.56 Å². The predicted octanol–water partition coefficient (Wildman–Crippen LogP) is 3.55. The molecule has 1 aromatic heterocycles. The number of nitrogens with one attached hydrogen (secondary N) is 2. The summed E-state index contributed by atoms with van der Waals surface area (Å²) >= 11 is 3.38. The largest absolute Gasteiger partial charge is 0.486 e. The van der Waals surface area contributed by atoms with Crippen LogP contribution in [0.2, 0.25) is 0 Å². The van der Waals surface area contributed by atoms with Crippen LogP contribution >= 0.6 is 15.9 Å². The van der Waals surface area contributed by atoms with Gasteiger partial charge >= 0.3 is 0 Å². The number of carbonyl (C=O) groups excluding carboxylic acids is 1. The van der Waals surface area contributed by atoms with E-state index >= 15 is 0 Å². The standard InChI is InChI=1S/C20H19BrN2O4/c1-11(15-10-22-16-5-3-2-4-13(15)16)19(24)23-20(25)14-8-12(21)9-17-18(14)27-7-6-26-17/h2-5,8-11,19,22,24H,6-7H2,1H3,(H,23,25)/t11?,19-/m1/s1. The Morgan fingerprint density at radius 3 is 2.89 bits per heavy atom. The summed E-state index contributed by atoms with van der Waals surface area (Å²) in [6.45, 7) is 2.69. The lowest BCUT2D eigenvalue weighted by atomic mass is 9.98. The SMILES string of the molecule is CC(c1c[nH]c2ccccc12)[C@@H](O)NC(=O)c1cc(Br)cc2c1OCCO2. The van der Waals surface area contributed by atoms with Crippen LogP contribution in [-0.4, -0.2) is 35.4 Å². The predicted molar refractivity (Wildman–Crippen MR) is 105 cm³/mol. The van der Waals surface area contributed by atoms with E-state index in [-0.39, 0.29) is 5.92 Å². The Kier molecular flexibility index (Phi) is 4.80. The highest BCUT2D eigenvalue weighted by Gasteiger charge is 2.26. The fourth-order valence-electron chi connectivity index (χ4n) is 3.27. The van der Waals surface area contributed by atoms with Gasteiger partial charge in [-0.2, -0.15) is 0 Å². The van der Waals surface area contributed by atoms with Crippen molar-refractivity contribution >= 4 is 32.7 Å². The number of carbonyl (C=O) groups is 1. The maximum Gasteiger partial charge on any atom is 0.257 e. The summed E-state index contributed by atoms with van der Waals surface area (Å²) in [6.07, 6.45) is 0.804. The molecule has 3 aromatic rings. The number of benzene rings is 2. The van der Waals surface area contributed by atoms with Gasteiger partial charge in [0.2, 0.25) is 0 Å². The van der Waals surface area contributed by atoms with Gasteiger partial charge < -0.3 is 24.9 Å². The van der Waals surface area contributed by atoms with Crippen LogP contribution in [0.1, 0.15) is 28.8 Å². The van der Waals surface area contributed by atoms with E-state index in [0.29, 0.717) is 34.7 Å². The van der Waals surface area contributed by atoms with Gasteiger partial charge in [-0.3, -0.25) is 4.79 Å². The Bertz CT molecular complexity index is 1000. The van der Waals surface area contributed by atoms with Crippen molar-refractivity contribution < 1.29 is 19.4 Å². The number of para-hydroxylation sites is 1. The zero-order valence-electron chi connectivity index (χ0n) is 14.7. The van der Waals surface area contributed by atoms with Crippen molar-refractivity contribution in [1.29, 1.82) is 0 Å². The van der Waals surface area contributed by atoms with Gasteiger partial charge in [-0.1, -0.05) is 41.1 Å². The quantitative estimate of drug-likeness (QED) is 0.552. The van der Waals surface area contributed by atoms with Gasteiger partial charge in [0.15, 0.2) is 11.5 Å². The number of rotatable bonds is 4. The number of aliphatic hydroxyl groups excluding tert-OH is 1. The first-order chi connectivity index (χ1) is 13.0. The summed E-state index contributed by atoms with van der Waals surface area (Å²) in [5.41, 5.74) is 2.25. The number of hydrogen-bond acceptors (Lipinski definition) is 4. The molecule has 140 valence electrons. The first-order valence-corrected chi connectivity index (χ1v) is 9.48. The lowest BCUT2D eigenvalue weighted by molar-refractivity contribution is 0.0720. The van der Waals surface area contributed by atoms with Gasteiger partial charge in [0, 0.05) is 27.5 Å². The zero-order chi connectivity index (χ0) is 19.0. The van der Waals surface area contributed by atoms with E-state index in [0.717, 1.165) is 16.5 Å². The molecule has 4 rings (SSSR count). The molecule has 7 heteroatoms. The third-order valence-corrected chi connectivity index (χ3v) is 5.17. The number of ether oxygens (including phenoxy) is 2. The molecule has 0 fully saturated rings. The second-order valence-electron chi connectivity index (χ2n) is 6.47. The highest BCUT2D eigenvalue weighted by atomic mass is 79.9. The molecule has 0 saturated heterocycles.